The van der Waals surface area contributed by atoms with Crippen molar-refractivity contribution in [2.75, 3.05) is 12.3 Å². The zero-order valence-corrected chi connectivity index (χ0v) is 19.4. The van der Waals surface area contributed by atoms with Crippen LogP contribution in [-0.4, -0.2) is 43.4 Å². The maximum Gasteiger partial charge on any atom is 0.321 e. The molecule has 0 aliphatic heterocycles. The average Bonchev–Trinajstić information content (AvgIpc) is 3.22. The van der Waals surface area contributed by atoms with E-state index >= 15 is 0 Å². The Bertz CT molecular complexity index is 1430. The van der Waals surface area contributed by atoms with Crippen molar-refractivity contribution in [3.63, 3.8) is 0 Å². The summed E-state index contributed by atoms with van der Waals surface area (Å²) in [5, 5.41) is 14.4. The molecule has 0 saturated carbocycles. The first-order valence-corrected chi connectivity index (χ1v) is 11.6. The number of thioether (sulfide) groups is 1. The highest BCUT2D eigenvalue weighted by atomic mass is 32.2. The van der Waals surface area contributed by atoms with Crippen LogP contribution in [0.15, 0.2) is 52.4 Å². The molecule has 170 valence electrons. The zero-order valence-electron chi connectivity index (χ0n) is 18.6. The van der Waals surface area contributed by atoms with E-state index in [1.807, 2.05) is 57.2 Å². The minimum absolute atomic E-state index is 0.0305. The van der Waals surface area contributed by atoms with E-state index in [1.54, 1.807) is 15.0 Å². The second kappa shape index (κ2) is 9.45. The van der Waals surface area contributed by atoms with Gasteiger partial charge in [-0.2, -0.15) is 0 Å². The molecule has 0 saturated heterocycles. The van der Waals surface area contributed by atoms with Gasteiger partial charge >= 0.3 is 6.03 Å². The number of hydrogen-bond acceptors (Lipinski definition) is 6. The Hall–Kier alpha value is -3.66. The summed E-state index contributed by atoms with van der Waals surface area (Å²) in [5.41, 5.74) is 3.12. The van der Waals surface area contributed by atoms with Crippen molar-refractivity contribution in [2.45, 2.75) is 32.3 Å². The molecule has 0 bridgehead atoms. The third-order valence-electron chi connectivity index (χ3n) is 5.12. The van der Waals surface area contributed by atoms with Crippen molar-refractivity contribution in [1.29, 1.82) is 0 Å². The number of hydrogen-bond donors (Lipinski definition) is 2. The first-order chi connectivity index (χ1) is 15.9. The Labute approximate surface area is 194 Å². The standard InChI is InChI=1S/C23H24N6O3S/c1-4-11-24-21(32)25-19(30)13-33-23-27-26-22-28(18-12-14(2)9-10-15(18)3)20(31)16-7-5-6-8-17(16)29(22)23/h5-10,12H,4,11,13H2,1-3H3,(H2,24,25,30,32). The number of carbonyl (C=O) groups is 2. The molecule has 2 heterocycles. The molecule has 0 unspecified atom stereocenters. The monoisotopic (exact) mass is 464 g/mol. The van der Waals surface area contributed by atoms with Crippen molar-refractivity contribution >= 4 is 40.4 Å². The third-order valence-corrected chi connectivity index (χ3v) is 6.05. The fourth-order valence-electron chi connectivity index (χ4n) is 3.53. The van der Waals surface area contributed by atoms with Crippen LogP contribution in [0.1, 0.15) is 24.5 Å². The molecule has 2 N–H and O–H groups in total. The van der Waals surface area contributed by atoms with Crippen molar-refractivity contribution in [1.82, 2.24) is 29.8 Å². The van der Waals surface area contributed by atoms with E-state index in [9.17, 15) is 14.4 Å². The molecule has 0 aliphatic rings. The fourth-order valence-corrected chi connectivity index (χ4v) is 4.27. The van der Waals surface area contributed by atoms with Crippen LogP contribution in [-0.2, 0) is 4.79 Å². The molecule has 0 aliphatic carbocycles. The predicted molar refractivity (Wildman–Crippen MR) is 128 cm³/mol. The third kappa shape index (κ3) is 4.47. The van der Waals surface area contributed by atoms with Crippen LogP contribution < -0.4 is 16.2 Å². The highest BCUT2D eigenvalue weighted by Gasteiger charge is 2.20. The summed E-state index contributed by atoms with van der Waals surface area (Å²) in [6.07, 6.45) is 0.775. The molecule has 2 aromatic heterocycles. The molecule has 3 amide bonds. The van der Waals surface area contributed by atoms with Gasteiger partial charge in [0.25, 0.3) is 5.56 Å². The number of rotatable bonds is 6. The second-order valence-corrected chi connectivity index (χ2v) is 8.60. The van der Waals surface area contributed by atoms with Gasteiger partial charge in [0.05, 0.1) is 22.3 Å². The minimum Gasteiger partial charge on any atom is -0.338 e. The highest BCUT2D eigenvalue weighted by molar-refractivity contribution is 7.99. The van der Waals surface area contributed by atoms with E-state index in [-0.39, 0.29) is 11.3 Å². The van der Waals surface area contributed by atoms with E-state index in [0.717, 1.165) is 35.0 Å². The van der Waals surface area contributed by atoms with Gasteiger partial charge in [-0.1, -0.05) is 43.0 Å². The number of amides is 3. The van der Waals surface area contributed by atoms with Crippen molar-refractivity contribution in [3.8, 4) is 5.69 Å². The predicted octanol–water partition coefficient (Wildman–Crippen LogP) is 2.98. The second-order valence-electron chi connectivity index (χ2n) is 7.66. The lowest BCUT2D eigenvalue weighted by molar-refractivity contribution is -0.117. The van der Waals surface area contributed by atoms with Gasteiger partial charge in [-0.15, -0.1) is 10.2 Å². The summed E-state index contributed by atoms with van der Waals surface area (Å²) in [4.78, 5) is 37.4. The fraction of sp³-hybridized carbons (Fsp3) is 0.261. The molecule has 33 heavy (non-hydrogen) atoms. The van der Waals surface area contributed by atoms with Gasteiger partial charge in [0.2, 0.25) is 11.7 Å². The van der Waals surface area contributed by atoms with Gasteiger partial charge in [0.15, 0.2) is 5.16 Å². The van der Waals surface area contributed by atoms with E-state index in [4.69, 9.17) is 0 Å². The van der Waals surface area contributed by atoms with Crippen LogP contribution in [0.4, 0.5) is 4.79 Å². The Morgan fingerprint density at radius 2 is 1.88 bits per heavy atom. The van der Waals surface area contributed by atoms with Crippen LogP contribution >= 0.6 is 11.8 Å². The number of nitrogens with zero attached hydrogens (tertiary/aromatic N) is 4. The van der Waals surface area contributed by atoms with Gasteiger partial charge in [-0.05, 0) is 49.6 Å². The normalized spacial score (nSPS) is 11.1. The highest BCUT2D eigenvalue weighted by Crippen LogP contribution is 2.24. The summed E-state index contributed by atoms with van der Waals surface area (Å²) in [7, 11) is 0. The quantitative estimate of drug-likeness (QED) is 0.425. The summed E-state index contributed by atoms with van der Waals surface area (Å²) in [6, 6.07) is 12.6. The molecule has 2 aromatic carbocycles. The van der Waals surface area contributed by atoms with Crippen LogP contribution in [0.3, 0.4) is 0 Å². The average molecular weight is 465 g/mol. The molecule has 4 rings (SSSR count). The summed E-state index contributed by atoms with van der Waals surface area (Å²) < 4.78 is 3.33. The smallest absolute Gasteiger partial charge is 0.321 e. The maximum absolute atomic E-state index is 13.5. The molecule has 0 atom stereocenters. The number of para-hydroxylation sites is 1. The molecule has 10 heteroatoms. The van der Waals surface area contributed by atoms with Crippen molar-refractivity contribution < 1.29 is 9.59 Å². The van der Waals surface area contributed by atoms with Crippen LogP contribution in [0.2, 0.25) is 0 Å². The number of imide groups is 1. The van der Waals surface area contributed by atoms with Crippen molar-refractivity contribution in [3.05, 3.63) is 63.9 Å². The first-order valence-electron chi connectivity index (χ1n) is 10.6. The molecular formula is C23H24N6O3S. The van der Waals surface area contributed by atoms with E-state index in [2.05, 4.69) is 20.8 Å². The molecular weight excluding hydrogens is 440 g/mol. The SMILES string of the molecule is CCCNC(=O)NC(=O)CSc1nnc2n(-c3cc(C)ccc3C)c(=O)c3ccccc3n12. The number of urea groups is 1. The molecule has 0 spiro atoms. The molecule has 0 fully saturated rings. The number of nitrogens with one attached hydrogen (secondary N) is 2. The van der Waals surface area contributed by atoms with E-state index in [1.165, 1.54) is 0 Å². The topological polar surface area (TPSA) is 110 Å². The maximum atomic E-state index is 13.5. The van der Waals surface area contributed by atoms with Gasteiger partial charge in [-0.25, -0.2) is 9.36 Å². The Kier molecular flexibility index (Phi) is 6.45. The number of carbonyl (C=O) groups excluding carboxylic acids is 2. The van der Waals surface area contributed by atoms with Crippen LogP contribution in [0, 0.1) is 13.8 Å². The number of benzene rings is 2. The van der Waals surface area contributed by atoms with Crippen molar-refractivity contribution in [2.24, 2.45) is 0 Å². The number of aromatic nitrogens is 4. The zero-order chi connectivity index (χ0) is 23.5. The van der Waals surface area contributed by atoms with E-state index in [0.29, 0.717) is 28.4 Å². The summed E-state index contributed by atoms with van der Waals surface area (Å²) in [6.45, 7) is 6.32. The first kappa shape index (κ1) is 22.5. The lowest BCUT2D eigenvalue weighted by Gasteiger charge is -2.14. The summed E-state index contributed by atoms with van der Waals surface area (Å²) >= 11 is 1.14. The number of aryl methyl sites for hydroxylation is 2. The molecule has 0 radical (unpaired) electrons. The van der Waals surface area contributed by atoms with E-state index < -0.39 is 11.9 Å². The largest absolute Gasteiger partial charge is 0.338 e. The Morgan fingerprint density at radius 3 is 2.67 bits per heavy atom. The number of fused-ring (bicyclic) bond motifs is 3. The lowest BCUT2D eigenvalue weighted by atomic mass is 10.1. The van der Waals surface area contributed by atoms with Gasteiger partial charge in [0, 0.05) is 6.54 Å². The Morgan fingerprint density at radius 1 is 1.09 bits per heavy atom. The van der Waals surface area contributed by atoms with Gasteiger partial charge < -0.3 is 5.32 Å². The van der Waals surface area contributed by atoms with Crippen LogP contribution in [0.5, 0.6) is 0 Å². The lowest BCUT2D eigenvalue weighted by Crippen LogP contribution is -2.40. The minimum atomic E-state index is -0.525. The summed E-state index contributed by atoms with van der Waals surface area (Å²) in [5.74, 6) is -0.120. The Balaban J connectivity index is 1.77. The molecule has 4 aromatic rings. The molecule has 9 nitrogen and oxygen atoms in total. The van der Waals surface area contributed by atoms with Gasteiger partial charge in [-0.3, -0.25) is 19.3 Å². The van der Waals surface area contributed by atoms with Gasteiger partial charge in [0.1, 0.15) is 0 Å². The van der Waals surface area contributed by atoms with Crippen LogP contribution in [0.25, 0.3) is 22.4 Å².